The first-order valence-electron chi connectivity index (χ1n) is 7.78. The first-order valence-corrected chi connectivity index (χ1v) is 10.6. The summed E-state index contributed by atoms with van der Waals surface area (Å²) < 4.78 is 16.9. The summed E-state index contributed by atoms with van der Waals surface area (Å²) in [7, 11) is 0. The second-order valence-electron chi connectivity index (χ2n) is 6.66. The Morgan fingerprint density at radius 1 is 1.27 bits per heavy atom. The van der Waals surface area contributed by atoms with Crippen molar-refractivity contribution in [1.82, 2.24) is 0 Å². The van der Waals surface area contributed by atoms with Gasteiger partial charge in [0.2, 0.25) is 0 Å². The molecule has 0 saturated heterocycles. The Morgan fingerprint density at radius 3 is 2.55 bits per heavy atom. The second-order valence-corrected chi connectivity index (χ2v) is 10.8. The molecule has 1 aliphatic rings. The molecule has 1 atom stereocenters. The summed E-state index contributed by atoms with van der Waals surface area (Å²) in [5.41, 5.74) is 0.977. The van der Waals surface area contributed by atoms with Crippen LogP contribution in [0.3, 0.4) is 0 Å². The van der Waals surface area contributed by atoms with E-state index in [1.54, 1.807) is 6.21 Å². The van der Waals surface area contributed by atoms with Crippen LogP contribution in [0.25, 0.3) is 0 Å². The van der Waals surface area contributed by atoms with Crippen molar-refractivity contribution >= 4 is 45.3 Å². The molecule has 1 aliphatic carbocycles. The molecule has 0 spiro atoms. The van der Waals surface area contributed by atoms with E-state index in [9.17, 15) is 4.55 Å². The minimum absolute atomic E-state index is 0.320. The van der Waals surface area contributed by atoms with Crippen molar-refractivity contribution in [3.8, 4) is 0 Å². The van der Waals surface area contributed by atoms with Crippen molar-refractivity contribution in [2.45, 2.75) is 67.8 Å². The van der Waals surface area contributed by atoms with Gasteiger partial charge in [0.15, 0.2) is 0 Å². The zero-order chi connectivity index (χ0) is 16.2. The number of nitrogens with zero attached hydrogens (tertiary/aromatic N) is 1. The van der Waals surface area contributed by atoms with Gasteiger partial charge in [-0.15, -0.1) is 11.8 Å². The summed E-state index contributed by atoms with van der Waals surface area (Å²) in [6.07, 6.45) is 8.48. The molecule has 1 fully saturated rings. The van der Waals surface area contributed by atoms with Crippen molar-refractivity contribution in [1.29, 1.82) is 0 Å². The average molecular weight is 402 g/mol. The maximum Gasteiger partial charge on any atom is 0.144 e. The highest BCUT2D eigenvalue weighted by atomic mass is 79.9. The molecule has 0 amide bonds. The van der Waals surface area contributed by atoms with Gasteiger partial charge < -0.3 is 4.55 Å². The molecule has 0 aromatic heterocycles. The van der Waals surface area contributed by atoms with Crippen LogP contribution in [-0.2, 0) is 11.4 Å². The molecule has 0 N–H and O–H groups in total. The Kier molecular flexibility index (Phi) is 6.87. The molecule has 1 unspecified atom stereocenters. The zero-order valence-electron chi connectivity index (χ0n) is 13.5. The van der Waals surface area contributed by atoms with Gasteiger partial charge in [-0.3, -0.25) is 0 Å². The molecule has 0 radical (unpaired) electrons. The molecule has 1 aromatic rings. The third-order valence-electron chi connectivity index (χ3n) is 3.64. The van der Waals surface area contributed by atoms with E-state index in [0.717, 1.165) is 15.3 Å². The zero-order valence-corrected chi connectivity index (χ0v) is 16.7. The van der Waals surface area contributed by atoms with Crippen molar-refractivity contribution in [3.63, 3.8) is 0 Å². The lowest BCUT2D eigenvalue weighted by molar-refractivity contribution is 0.516. The molecular weight excluding hydrogens is 378 g/mol. The largest absolute Gasteiger partial charge is 0.591 e. The van der Waals surface area contributed by atoms with E-state index in [2.05, 4.69) is 38.5 Å². The standard InChI is InChI=1S/C17H24BrNOS2/c1-17(2,3)22(20)19-12-13-9-10-15(11-16(13)18)21-14-7-5-4-6-8-14/h9-12,14H,4-8H2,1-3H3. The fourth-order valence-corrected chi connectivity index (χ4v) is 4.77. The quantitative estimate of drug-likeness (QED) is 0.474. The van der Waals surface area contributed by atoms with Crippen LogP contribution in [0.5, 0.6) is 0 Å². The second kappa shape index (κ2) is 8.22. The summed E-state index contributed by atoms with van der Waals surface area (Å²) in [5.74, 6) is 0. The van der Waals surface area contributed by atoms with Crippen LogP contribution in [0.2, 0.25) is 0 Å². The third kappa shape index (κ3) is 5.59. The number of halogens is 1. The van der Waals surface area contributed by atoms with Crippen molar-refractivity contribution in [2.24, 2.45) is 4.40 Å². The van der Waals surface area contributed by atoms with Crippen LogP contribution in [0, 0.1) is 0 Å². The van der Waals surface area contributed by atoms with Crippen LogP contribution >= 0.6 is 27.7 Å². The third-order valence-corrected chi connectivity index (χ3v) is 7.00. The molecule has 2 rings (SSSR count). The van der Waals surface area contributed by atoms with Gasteiger partial charge in [-0.2, -0.15) is 0 Å². The number of hydrogen-bond acceptors (Lipinski definition) is 3. The number of hydrogen-bond donors (Lipinski definition) is 0. The molecule has 0 heterocycles. The van der Waals surface area contributed by atoms with Gasteiger partial charge in [0.05, 0.1) is 6.21 Å². The Bertz CT molecular complexity index is 522. The minimum atomic E-state index is -1.21. The topological polar surface area (TPSA) is 35.4 Å². The first kappa shape index (κ1) is 18.4. The van der Waals surface area contributed by atoms with Gasteiger partial charge in [0, 0.05) is 20.2 Å². The van der Waals surface area contributed by atoms with E-state index in [1.165, 1.54) is 37.0 Å². The van der Waals surface area contributed by atoms with E-state index < -0.39 is 11.4 Å². The van der Waals surface area contributed by atoms with E-state index in [1.807, 2.05) is 32.5 Å². The molecule has 0 bridgehead atoms. The molecule has 0 aliphatic heterocycles. The Labute approximate surface area is 150 Å². The lowest BCUT2D eigenvalue weighted by atomic mass is 10.0. The fraction of sp³-hybridized carbons (Fsp3) is 0.588. The predicted octanol–water partition coefficient (Wildman–Crippen LogP) is 5.76. The normalized spacial score (nSPS) is 18.8. The molecule has 1 saturated carbocycles. The highest BCUT2D eigenvalue weighted by molar-refractivity contribution is 9.10. The van der Waals surface area contributed by atoms with Crippen LogP contribution in [0.15, 0.2) is 32.0 Å². The SMILES string of the molecule is CC(C)(C)[S+]([O-])N=Cc1ccc(SC2CCCCC2)cc1Br. The van der Waals surface area contributed by atoms with Crippen molar-refractivity contribution in [2.75, 3.05) is 0 Å². The summed E-state index contributed by atoms with van der Waals surface area (Å²) in [4.78, 5) is 1.30. The van der Waals surface area contributed by atoms with Crippen molar-refractivity contribution in [3.05, 3.63) is 28.2 Å². The van der Waals surface area contributed by atoms with E-state index >= 15 is 0 Å². The fourth-order valence-electron chi connectivity index (χ4n) is 2.32. The van der Waals surface area contributed by atoms with Crippen molar-refractivity contribution < 1.29 is 4.55 Å². The van der Waals surface area contributed by atoms with E-state index in [4.69, 9.17) is 0 Å². The van der Waals surface area contributed by atoms with Crippen LogP contribution in [-0.4, -0.2) is 20.8 Å². The van der Waals surface area contributed by atoms with E-state index in [0.29, 0.717) is 0 Å². The smallest absolute Gasteiger partial charge is 0.144 e. The summed E-state index contributed by atoms with van der Waals surface area (Å²) in [6, 6.07) is 6.35. The minimum Gasteiger partial charge on any atom is -0.591 e. The van der Waals surface area contributed by atoms with Gasteiger partial charge in [-0.1, -0.05) is 45.7 Å². The molecule has 122 valence electrons. The maximum atomic E-state index is 12.0. The van der Waals surface area contributed by atoms with Gasteiger partial charge in [-0.25, -0.2) is 0 Å². The summed E-state index contributed by atoms with van der Waals surface area (Å²) in [5, 5.41) is 0.758. The first-order chi connectivity index (χ1) is 10.4. The molecule has 2 nitrogen and oxygen atoms in total. The number of rotatable bonds is 4. The van der Waals surface area contributed by atoms with Crippen LogP contribution in [0.4, 0.5) is 0 Å². The lowest BCUT2D eigenvalue weighted by Gasteiger charge is -2.21. The van der Waals surface area contributed by atoms with Crippen LogP contribution in [0.1, 0.15) is 58.4 Å². The van der Waals surface area contributed by atoms with Gasteiger partial charge in [0.1, 0.15) is 16.1 Å². The Balaban J connectivity index is 2.01. The number of thioether (sulfide) groups is 1. The molecule has 1 aromatic carbocycles. The van der Waals surface area contributed by atoms with Gasteiger partial charge >= 0.3 is 0 Å². The van der Waals surface area contributed by atoms with Gasteiger partial charge in [-0.05, 0) is 45.7 Å². The molecule has 5 heteroatoms. The maximum absolute atomic E-state index is 12.0. The van der Waals surface area contributed by atoms with Gasteiger partial charge in [0.25, 0.3) is 0 Å². The summed E-state index contributed by atoms with van der Waals surface area (Å²) in [6.45, 7) is 5.79. The van der Waals surface area contributed by atoms with E-state index in [-0.39, 0.29) is 4.75 Å². The van der Waals surface area contributed by atoms with Crippen LogP contribution < -0.4 is 0 Å². The highest BCUT2D eigenvalue weighted by Crippen LogP contribution is 2.35. The molecular formula is C17H24BrNOS2. The Morgan fingerprint density at radius 2 is 1.95 bits per heavy atom. The highest BCUT2D eigenvalue weighted by Gasteiger charge is 2.25. The average Bonchev–Trinajstić information content (AvgIpc) is 2.46. The lowest BCUT2D eigenvalue weighted by Crippen LogP contribution is -2.25. The monoisotopic (exact) mass is 401 g/mol. The Hall–Kier alpha value is 0.0300. The predicted molar refractivity (Wildman–Crippen MR) is 102 cm³/mol. The summed E-state index contributed by atoms with van der Waals surface area (Å²) >= 11 is 4.38. The molecule has 22 heavy (non-hydrogen) atoms. The number of benzene rings is 1.